The van der Waals surface area contributed by atoms with Crippen LogP contribution in [0.15, 0.2) is 46.9 Å². The highest BCUT2D eigenvalue weighted by Crippen LogP contribution is 2.24. The van der Waals surface area contributed by atoms with Gasteiger partial charge in [0, 0.05) is 27.6 Å². The topological polar surface area (TPSA) is 32.3 Å². The predicted molar refractivity (Wildman–Crippen MR) is 107 cm³/mol. The van der Waals surface area contributed by atoms with Crippen molar-refractivity contribution in [3.05, 3.63) is 63.1 Å². The highest BCUT2D eigenvalue weighted by molar-refractivity contribution is 9.10. The molecule has 1 aliphatic heterocycles. The van der Waals surface area contributed by atoms with Gasteiger partial charge in [0.15, 0.2) is 0 Å². The first-order valence-corrected chi connectivity index (χ1v) is 9.72. The Bertz CT molecular complexity index is 740. The number of hydrogen-bond acceptors (Lipinski definition) is 2. The highest BCUT2D eigenvalue weighted by atomic mass is 79.9. The molecule has 25 heavy (non-hydrogen) atoms. The van der Waals surface area contributed by atoms with Gasteiger partial charge in [-0.2, -0.15) is 0 Å². The van der Waals surface area contributed by atoms with E-state index in [-0.39, 0.29) is 11.8 Å². The van der Waals surface area contributed by atoms with Gasteiger partial charge in [-0.3, -0.25) is 9.69 Å². The number of piperidine rings is 1. The van der Waals surface area contributed by atoms with E-state index in [0.29, 0.717) is 5.02 Å². The average Bonchev–Trinajstić information content (AvgIpc) is 2.61. The van der Waals surface area contributed by atoms with Gasteiger partial charge in [0.2, 0.25) is 5.91 Å². The summed E-state index contributed by atoms with van der Waals surface area (Å²) in [6, 6.07) is 14.1. The zero-order valence-corrected chi connectivity index (χ0v) is 16.6. The molecule has 1 aliphatic rings. The molecule has 1 N–H and O–H groups in total. The molecular weight excluding hydrogens is 400 g/mol. The van der Waals surface area contributed by atoms with Crippen LogP contribution < -0.4 is 5.32 Å². The Balaban J connectivity index is 1.50. The van der Waals surface area contributed by atoms with Gasteiger partial charge in [-0.05, 0) is 68.2 Å². The monoisotopic (exact) mass is 420 g/mol. The van der Waals surface area contributed by atoms with Crippen LogP contribution in [-0.2, 0) is 11.3 Å². The first-order chi connectivity index (χ1) is 12.0. The molecule has 1 heterocycles. The summed E-state index contributed by atoms with van der Waals surface area (Å²) < 4.78 is 1.10. The lowest BCUT2D eigenvalue weighted by Gasteiger charge is -2.31. The fourth-order valence-corrected chi connectivity index (χ4v) is 3.56. The maximum absolute atomic E-state index is 12.5. The summed E-state index contributed by atoms with van der Waals surface area (Å²) in [6.45, 7) is 4.79. The molecule has 2 aromatic rings. The summed E-state index contributed by atoms with van der Waals surface area (Å²) in [5.41, 5.74) is 3.10. The largest absolute Gasteiger partial charge is 0.326 e. The smallest absolute Gasteiger partial charge is 0.227 e. The van der Waals surface area contributed by atoms with Crippen molar-refractivity contribution in [3.8, 4) is 0 Å². The Hall–Kier alpha value is -1.36. The number of carbonyl (C=O) groups excluding carboxylic acids is 1. The molecule has 3 nitrogen and oxygen atoms in total. The summed E-state index contributed by atoms with van der Waals surface area (Å²) in [4.78, 5) is 14.9. The lowest BCUT2D eigenvalue weighted by atomic mass is 9.95. The Morgan fingerprint density at radius 3 is 2.52 bits per heavy atom. The lowest BCUT2D eigenvalue weighted by molar-refractivity contribution is -0.121. The third-order valence-electron chi connectivity index (χ3n) is 4.72. The van der Waals surface area contributed by atoms with Crippen LogP contribution in [0.4, 0.5) is 5.69 Å². The number of nitrogens with zero attached hydrogens (tertiary/aromatic N) is 1. The van der Waals surface area contributed by atoms with Crippen molar-refractivity contribution in [2.45, 2.75) is 26.3 Å². The van der Waals surface area contributed by atoms with E-state index in [1.807, 2.05) is 25.1 Å². The molecule has 1 fully saturated rings. The fraction of sp³-hybridized carbons (Fsp3) is 0.350. The molecule has 0 saturated carbocycles. The lowest BCUT2D eigenvalue weighted by Crippen LogP contribution is -2.37. The second-order valence-corrected chi connectivity index (χ2v) is 7.95. The number of aryl methyl sites for hydroxylation is 1. The number of nitrogens with one attached hydrogen (secondary N) is 1. The van der Waals surface area contributed by atoms with Crippen molar-refractivity contribution >= 4 is 39.1 Å². The van der Waals surface area contributed by atoms with Crippen LogP contribution in [0.5, 0.6) is 0 Å². The second-order valence-electron chi connectivity index (χ2n) is 6.63. The van der Waals surface area contributed by atoms with Gasteiger partial charge < -0.3 is 5.32 Å². The summed E-state index contributed by atoms with van der Waals surface area (Å²) >= 11 is 9.59. The predicted octanol–water partition coefficient (Wildman–Crippen LogP) is 5.26. The third kappa shape index (κ3) is 5.06. The fourth-order valence-electron chi connectivity index (χ4n) is 3.12. The van der Waals surface area contributed by atoms with E-state index in [4.69, 9.17) is 11.6 Å². The van der Waals surface area contributed by atoms with Gasteiger partial charge >= 0.3 is 0 Å². The number of hydrogen-bond donors (Lipinski definition) is 1. The molecule has 0 unspecified atom stereocenters. The van der Waals surface area contributed by atoms with Crippen molar-refractivity contribution in [1.82, 2.24) is 4.90 Å². The van der Waals surface area contributed by atoms with Gasteiger partial charge in [-0.25, -0.2) is 0 Å². The molecule has 3 rings (SSSR count). The molecule has 0 spiro atoms. The molecule has 0 aromatic heterocycles. The van der Waals surface area contributed by atoms with Crippen molar-refractivity contribution in [2.75, 3.05) is 18.4 Å². The van der Waals surface area contributed by atoms with Crippen molar-refractivity contribution in [3.63, 3.8) is 0 Å². The summed E-state index contributed by atoms with van der Waals surface area (Å²) in [7, 11) is 0. The molecule has 1 amide bonds. The van der Waals surface area contributed by atoms with E-state index in [0.717, 1.165) is 48.2 Å². The first kappa shape index (κ1) is 18.4. The summed E-state index contributed by atoms with van der Waals surface area (Å²) in [5.74, 6) is 0.171. The van der Waals surface area contributed by atoms with Crippen LogP contribution in [0.3, 0.4) is 0 Å². The van der Waals surface area contributed by atoms with Gasteiger partial charge in [0.1, 0.15) is 0 Å². The molecule has 1 saturated heterocycles. The molecule has 5 heteroatoms. The summed E-state index contributed by atoms with van der Waals surface area (Å²) in [5, 5.41) is 3.69. The number of halogens is 2. The van der Waals surface area contributed by atoms with Crippen LogP contribution in [0, 0.1) is 12.8 Å². The normalized spacial score (nSPS) is 16.0. The van der Waals surface area contributed by atoms with Crippen LogP contribution in [0.25, 0.3) is 0 Å². The van der Waals surface area contributed by atoms with E-state index in [1.54, 1.807) is 0 Å². The molecular formula is C20H22BrClN2O. The maximum Gasteiger partial charge on any atom is 0.227 e. The number of anilines is 1. The van der Waals surface area contributed by atoms with Crippen molar-refractivity contribution < 1.29 is 4.79 Å². The molecule has 0 radical (unpaired) electrons. The van der Waals surface area contributed by atoms with E-state index in [2.05, 4.69) is 50.4 Å². The average molecular weight is 422 g/mol. The number of carbonyl (C=O) groups is 1. The molecule has 0 atom stereocenters. The minimum absolute atomic E-state index is 0.0706. The summed E-state index contributed by atoms with van der Waals surface area (Å²) in [6.07, 6.45) is 1.78. The minimum Gasteiger partial charge on any atom is -0.326 e. The van der Waals surface area contributed by atoms with Crippen molar-refractivity contribution in [1.29, 1.82) is 0 Å². The Morgan fingerprint density at radius 2 is 1.88 bits per heavy atom. The highest BCUT2D eigenvalue weighted by Gasteiger charge is 2.25. The quantitative estimate of drug-likeness (QED) is 0.730. The number of amides is 1. The number of benzene rings is 2. The van der Waals surface area contributed by atoms with Gasteiger partial charge in [0.25, 0.3) is 0 Å². The van der Waals surface area contributed by atoms with E-state index < -0.39 is 0 Å². The molecule has 132 valence electrons. The van der Waals surface area contributed by atoms with Gasteiger partial charge in [-0.1, -0.05) is 45.7 Å². The van der Waals surface area contributed by atoms with Gasteiger partial charge in [0.05, 0.1) is 0 Å². The van der Waals surface area contributed by atoms with Crippen LogP contribution in [0.2, 0.25) is 5.02 Å². The Kier molecular flexibility index (Phi) is 6.15. The van der Waals surface area contributed by atoms with Crippen LogP contribution in [-0.4, -0.2) is 23.9 Å². The SMILES string of the molecule is Cc1ccc(NC(=O)C2CCN(Cc3ccc(Br)cc3)CC2)cc1Cl. The zero-order chi connectivity index (χ0) is 17.8. The van der Waals surface area contributed by atoms with Crippen molar-refractivity contribution in [2.24, 2.45) is 5.92 Å². The van der Waals surface area contributed by atoms with Crippen LogP contribution >= 0.6 is 27.5 Å². The number of likely N-dealkylation sites (tertiary alicyclic amines) is 1. The molecule has 2 aromatic carbocycles. The van der Waals surface area contributed by atoms with Crippen LogP contribution in [0.1, 0.15) is 24.0 Å². The first-order valence-electron chi connectivity index (χ1n) is 8.55. The zero-order valence-electron chi connectivity index (χ0n) is 14.3. The standard InChI is InChI=1S/C20H22BrClN2O/c1-14-2-7-18(12-19(14)22)23-20(25)16-8-10-24(11-9-16)13-15-3-5-17(21)6-4-15/h2-7,12,16H,8-11,13H2,1H3,(H,23,25). The molecule has 0 aliphatic carbocycles. The van der Waals surface area contributed by atoms with E-state index >= 15 is 0 Å². The maximum atomic E-state index is 12.5. The van der Waals surface area contributed by atoms with E-state index in [9.17, 15) is 4.79 Å². The minimum atomic E-state index is 0.0706. The Labute approximate surface area is 162 Å². The van der Waals surface area contributed by atoms with E-state index in [1.165, 1.54) is 5.56 Å². The third-order valence-corrected chi connectivity index (χ3v) is 5.65. The van der Waals surface area contributed by atoms with Gasteiger partial charge in [-0.15, -0.1) is 0 Å². The Morgan fingerprint density at radius 1 is 1.20 bits per heavy atom. The molecule has 0 bridgehead atoms. The number of rotatable bonds is 4. The second kappa shape index (κ2) is 8.35.